The number of fused-ring (bicyclic) bond motifs is 3. The number of carbonyl (C=O) groups excluding carboxylic acids is 1. The summed E-state index contributed by atoms with van der Waals surface area (Å²) in [6.45, 7) is 6.90. The topological polar surface area (TPSA) is 42.2 Å². The first-order chi connectivity index (χ1) is 10.6. The lowest BCUT2D eigenvalue weighted by atomic mass is 10.1. The first-order valence-corrected chi connectivity index (χ1v) is 7.77. The zero-order valence-electron chi connectivity index (χ0n) is 13.3. The molecule has 22 heavy (non-hydrogen) atoms. The standard InChI is InChI=1S/C19H21NO2/c1-12(2)10-11-20-19(21)17-13(3)15-9-8-14-6-4-5-7-16(14)18(15)22-17/h4-9,12H,10-11H2,1-3H3,(H,20,21). The predicted molar refractivity (Wildman–Crippen MR) is 90.2 cm³/mol. The van der Waals surface area contributed by atoms with Gasteiger partial charge in [-0.1, -0.05) is 50.2 Å². The number of furan rings is 1. The van der Waals surface area contributed by atoms with E-state index in [1.807, 2.05) is 31.2 Å². The van der Waals surface area contributed by atoms with Gasteiger partial charge < -0.3 is 9.73 Å². The average molecular weight is 295 g/mol. The number of rotatable bonds is 4. The Hall–Kier alpha value is -2.29. The minimum atomic E-state index is -0.126. The van der Waals surface area contributed by atoms with E-state index in [-0.39, 0.29) is 5.91 Å². The Morgan fingerprint density at radius 1 is 1.14 bits per heavy atom. The summed E-state index contributed by atoms with van der Waals surface area (Å²) < 4.78 is 5.92. The molecule has 3 aromatic rings. The molecule has 0 aliphatic rings. The minimum Gasteiger partial charge on any atom is -0.450 e. The van der Waals surface area contributed by atoms with Crippen molar-refractivity contribution in [3.63, 3.8) is 0 Å². The smallest absolute Gasteiger partial charge is 0.287 e. The number of hydrogen-bond acceptors (Lipinski definition) is 2. The Bertz CT molecular complexity index is 830. The Labute approximate surface area is 130 Å². The Kier molecular flexibility index (Phi) is 3.88. The second-order valence-electron chi connectivity index (χ2n) is 6.16. The molecule has 0 fully saturated rings. The van der Waals surface area contributed by atoms with E-state index in [9.17, 15) is 4.79 Å². The summed E-state index contributed by atoms with van der Waals surface area (Å²) in [4.78, 5) is 12.3. The van der Waals surface area contributed by atoms with Crippen molar-refractivity contribution in [2.45, 2.75) is 27.2 Å². The SMILES string of the molecule is Cc1c(C(=O)NCCC(C)C)oc2c1ccc1ccccc12. The average Bonchev–Trinajstić information content (AvgIpc) is 2.84. The summed E-state index contributed by atoms with van der Waals surface area (Å²) >= 11 is 0. The van der Waals surface area contributed by atoms with E-state index >= 15 is 0 Å². The number of nitrogens with one attached hydrogen (secondary N) is 1. The molecule has 3 nitrogen and oxygen atoms in total. The molecule has 0 aliphatic carbocycles. The molecule has 0 atom stereocenters. The summed E-state index contributed by atoms with van der Waals surface area (Å²) in [6, 6.07) is 12.2. The molecular formula is C19H21NO2. The predicted octanol–water partition coefficient (Wildman–Crippen LogP) is 4.67. The monoisotopic (exact) mass is 295 g/mol. The van der Waals surface area contributed by atoms with Crippen molar-refractivity contribution in [2.24, 2.45) is 5.92 Å². The highest BCUT2D eigenvalue weighted by molar-refractivity contribution is 6.08. The maximum absolute atomic E-state index is 12.3. The van der Waals surface area contributed by atoms with Crippen molar-refractivity contribution < 1.29 is 9.21 Å². The molecule has 0 spiro atoms. The van der Waals surface area contributed by atoms with Crippen molar-refractivity contribution in [1.82, 2.24) is 5.32 Å². The number of carbonyl (C=O) groups is 1. The lowest BCUT2D eigenvalue weighted by molar-refractivity contribution is 0.0925. The highest BCUT2D eigenvalue weighted by Gasteiger charge is 2.18. The highest BCUT2D eigenvalue weighted by Crippen LogP contribution is 2.31. The molecule has 1 N–H and O–H groups in total. The molecule has 2 aromatic carbocycles. The molecule has 3 rings (SSSR count). The molecule has 1 aromatic heterocycles. The molecule has 0 bridgehead atoms. The van der Waals surface area contributed by atoms with Crippen LogP contribution in [0.25, 0.3) is 21.7 Å². The zero-order valence-corrected chi connectivity index (χ0v) is 13.3. The second-order valence-corrected chi connectivity index (χ2v) is 6.16. The van der Waals surface area contributed by atoms with E-state index in [0.29, 0.717) is 18.2 Å². The number of amides is 1. The fourth-order valence-electron chi connectivity index (χ4n) is 2.72. The van der Waals surface area contributed by atoms with Crippen LogP contribution in [0.1, 0.15) is 36.4 Å². The molecule has 0 unspecified atom stereocenters. The van der Waals surface area contributed by atoms with Gasteiger partial charge in [-0.15, -0.1) is 0 Å². The van der Waals surface area contributed by atoms with E-state index < -0.39 is 0 Å². The molecule has 114 valence electrons. The maximum atomic E-state index is 12.3. The quantitative estimate of drug-likeness (QED) is 0.760. The lowest BCUT2D eigenvalue weighted by Gasteiger charge is -2.05. The van der Waals surface area contributed by atoms with Crippen molar-refractivity contribution in [2.75, 3.05) is 6.54 Å². The van der Waals surface area contributed by atoms with Gasteiger partial charge in [0.1, 0.15) is 5.58 Å². The van der Waals surface area contributed by atoms with E-state index in [0.717, 1.165) is 33.7 Å². The van der Waals surface area contributed by atoms with Gasteiger partial charge in [0.25, 0.3) is 5.91 Å². The molecule has 1 heterocycles. The van der Waals surface area contributed by atoms with E-state index in [4.69, 9.17) is 4.42 Å². The van der Waals surface area contributed by atoms with Crippen molar-refractivity contribution in [3.05, 3.63) is 47.7 Å². The Morgan fingerprint density at radius 2 is 1.91 bits per heavy atom. The molecule has 0 aliphatic heterocycles. The van der Waals surface area contributed by atoms with Gasteiger partial charge in [0.05, 0.1) is 0 Å². The summed E-state index contributed by atoms with van der Waals surface area (Å²) in [6.07, 6.45) is 0.966. The number of benzene rings is 2. The van der Waals surface area contributed by atoms with Crippen LogP contribution in [0.4, 0.5) is 0 Å². The van der Waals surface area contributed by atoms with E-state index in [1.165, 1.54) is 0 Å². The molecule has 3 heteroatoms. The van der Waals surface area contributed by atoms with Crippen LogP contribution < -0.4 is 5.32 Å². The van der Waals surface area contributed by atoms with Crippen LogP contribution in [-0.4, -0.2) is 12.5 Å². The van der Waals surface area contributed by atoms with Gasteiger partial charge in [-0.05, 0) is 24.6 Å². The lowest BCUT2D eigenvalue weighted by Crippen LogP contribution is -2.25. The van der Waals surface area contributed by atoms with Crippen molar-refractivity contribution >= 4 is 27.6 Å². The molecule has 1 amide bonds. The highest BCUT2D eigenvalue weighted by atomic mass is 16.3. The largest absolute Gasteiger partial charge is 0.450 e. The van der Waals surface area contributed by atoms with Crippen LogP contribution >= 0.6 is 0 Å². The van der Waals surface area contributed by atoms with Gasteiger partial charge in [0.2, 0.25) is 0 Å². The maximum Gasteiger partial charge on any atom is 0.287 e. The zero-order chi connectivity index (χ0) is 15.7. The molecule has 0 saturated carbocycles. The van der Waals surface area contributed by atoms with Crippen LogP contribution in [0.3, 0.4) is 0 Å². The van der Waals surface area contributed by atoms with Crippen LogP contribution in [0, 0.1) is 12.8 Å². The molecular weight excluding hydrogens is 274 g/mol. The summed E-state index contributed by atoms with van der Waals surface area (Å²) in [7, 11) is 0. The third-order valence-electron chi connectivity index (χ3n) is 4.04. The van der Waals surface area contributed by atoms with E-state index in [2.05, 4.69) is 31.3 Å². The van der Waals surface area contributed by atoms with Gasteiger partial charge in [0, 0.05) is 22.9 Å². The summed E-state index contributed by atoms with van der Waals surface area (Å²) in [5.41, 5.74) is 1.70. The number of aryl methyl sites for hydroxylation is 1. The van der Waals surface area contributed by atoms with Gasteiger partial charge in [0.15, 0.2) is 5.76 Å². The van der Waals surface area contributed by atoms with Crippen LogP contribution in [0.15, 0.2) is 40.8 Å². The molecule has 0 saturated heterocycles. The summed E-state index contributed by atoms with van der Waals surface area (Å²) in [5.74, 6) is 0.870. The third-order valence-corrected chi connectivity index (χ3v) is 4.04. The van der Waals surface area contributed by atoms with E-state index in [1.54, 1.807) is 0 Å². The van der Waals surface area contributed by atoms with Crippen LogP contribution in [-0.2, 0) is 0 Å². The fraction of sp³-hybridized carbons (Fsp3) is 0.316. The van der Waals surface area contributed by atoms with Gasteiger partial charge in [-0.25, -0.2) is 0 Å². The van der Waals surface area contributed by atoms with Crippen molar-refractivity contribution in [3.8, 4) is 0 Å². The third kappa shape index (κ3) is 2.59. The second kappa shape index (κ2) is 5.84. The Balaban J connectivity index is 1.99. The fourth-order valence-corrected chi connectivity index (χ4v) is 2.72. The first kappa shape index (κ1) is 14.6. The van der Waals surface area contributed by atoms with Gasteiger partial charge in [-0.2, -0.15) is 0 Å². The van der Waals surface area contributed by atoms with Gasteiger partial charge in [-0.3, -0.25) is 4.79 Å². The van der Waals surface area contributed by atoms with Crippen LogP contribution in [0.5, 0.6) is 0 Å². The Morgan fingerprint density at radius 3 is 2.68 bits per heavy atom. The normalized spacial score (nSPS) is 11.5. The number of hydrogen-bond donors (Lipinski definition) is 1. The van der Waals surface area contributed by atoms with Crippen LogP contribution in [0.2, 0.25) is 0 Å². The summed E-state index contributed by atoms with van der Waals surface area (Å²) in [5, 5.41) is 6.12. The first-order valence-electron chi connectivity index (χ1n) is 7.77. The molecule has 0 radical (unpaired) electrons. The van der Waals surface area contributed by atoms with Gasteiger partial charge >= 0.3 is 0 Å². The minimum absolute atomic E-state index is 0.126. The van der Waals surface area contributed by atoms with Crippen molar-refractivity contribution in [1.29, 1.82) is 0 Å².